The molecule has 0 bridgehead atoms. The number of benzene rings is 1. The zero-order valence-electron chi connectivity index (χ0n) is 12.9. The molecule has 1 aliphatic heterocycles. The van der Waals surface area contributed by atoms with Crippen molar-refractivity contribution in [1.29, 1.82) is 0 Å². The van der Waals surface area contributed by atoms with Gasteiger partial charge in [0.05, 0.1) is 6.61 Å². The number of carbonyl (C=O) groups excluding carboxylic acids is 1. The highest BCUT2D eigenvalue weighted by Gasteiger charge is 2.33. The minimum Gasteiger partial charge on any atom is -0.493 e. The van der Waals surface area contributed by atoms with Crippen molar-refractivity contribution in [1.82, 2.24) is 0 Å². The number of carbonyl (C=O) groups is 1. The molecule has 1 aliphatic rings. The molecule has 0 amide bonds. The molecular formula is C17H24O2. The van der Waals surface area contributed by atoms with Crippen molar-refractivity contribution < 1.29 is 9.53 Å². The molecule has 0 saturated carbocycles. The highest BCUT2D eigenvalue weighted by Crippen LogP contribution is 2.44. The fourth-order valence-electron chi connectivity index (χ4n) is 2.59. The number of fused-ring (bicyclic) bond motifs is 1. The summed E-state index contributed by atoms with van der Waals surface area (Å²) in [5, 5.41) is 0. The third-order valence-corrected chi connectivity index (χ3v) is 4.01. The van der Waals surface area contributed by atoms with E-state index in [2.05, 4.69) is 34.6 Å². The SMILES string of the molecule is CC(=O)c1cc(C(C)(C)C)c2c(c1)C(C)(C)CCO2. The molecule has 0 radical (unpaired) electrons. The number of ketones is 1. The van der Waals surface area contributed by atoms with E-state index in [-0.39, 0.29) is 16.6 Å². The first-order chi connectivity index (χ1) is 8.63. The molecule has 0 fully saturated rings. The smallest absolute Gasteiger partial charge is 0.159 e. The van der Waals surface area contributed by atoms with Crippen LogP contribution in [0.1, 0.15) is 69.4 Å². The summed E-state index contributed by atoms with van der Waals surface area (Å²) in [5.41, 5.74) is 3.16. The molecule has 2 rings (SSSR count). The van der Waals surface area contributed by atoms with E-state index in [0.29, 0.717) is 0 Å². The molecule has 0 atom stereocenters. The quantitative estimate of drug-likeness (QED) is 0.706. The molecule has 0 unspecified atom stereocenters. The van der Waals surface area contributed by atoms with Gasteiger partial charge in [-0.1, -0.05) is 34.6 Å². The Morgan fingerprint density at radius 1 is 1.26 bits per heavy atom. The summed E-state index contributed by atoms with van der Waals surface area (Å²) in [6.07, 6.45) is 0.991. The van der Waals surface area contributed by atoms with Crippen molar-refractivity contribution >= 4 is 5.78 Å². The minimum atomic E-state index is -0.0248. The average Bonchev–Trinajstić information content (AvgIpc) is 2.26. The van der Waals surface area contributed by atoms with Gasteiger partial charge >= 0.3 is 0 Å². The van der Waals surface area contributed by atoms with Crippen LogP contribution in [0.25, 0.3) is 0 Å². The van der Waals surface area contributed by atoms with Crippen molar-refractivity contribution in [3.8, 4) is 5.75 Å². The van der Waals surface area contributed by atoms with Gasteiger partial charge in [-0.05, 0) is 36.3 Å². The van der Waals surface area contributed by atoms with Gasteiger partial charge in [0.25, 0.3) is 0 Å². The monoisotopic (exact) mass is 260 g/mol. The lowest BCUT2D eigenvalue weighted by Gasteiger charge is -2.36. The predicted octanol–water partition coefficient (Wildman–Crippen LogP) is 4.25. The third kappa shape index (κ3) is 2.54. The average molecular weight is 260 g/mol. The van der Waals surface area contributed by atoms with Crippen molar-refractivity contribution in [3.05, 3.63) is 28.8 Å². The van der Waals surface area contributed by atoms with Gasteiger partial charge in [-0.2, -0.15) is 0 Å². The summed E-state index contributed by atoms with van der Waals surface area (Å²) in [6.45, 7) is 13.3. The lowest BCUT2D eigenvalue weighted by atomic mass is 9.74. The van der Waals surface area contributed by atoms with Crippen LogP contribution in [0.4, 0.5) is 0 Å². The Hall–Kier alpha value is -1.31. The van der Waals surface area contributed by atoms with E-state index in [4.69, 9.17) is 4.74 Å². The summed E-state index contributed by atoms with van der Waals surface area (Å²) >= 11 is 0. The Morgan fingerprint density at radius 3 is 2.42 bits per heavy atom. The lowest BCUT2D eigenvalue weighted by Crippen LogP contribution is -2.29. The maximum atomic E-state index is 11.8. The molecule has 2 heteroatoms. The molecule has 19 heavy (non-hydrogen) atoms. The Kier molecular flexibility index (Phi) is 3.24. The Bertz CT molecular complexity index is 502. The molecule has 1 aromatic rings. The topological polar surface area (TPSA) is 26.3 Å². The first-order valence-corrected chi connectivity index (χ1v) is 6.96. The van der Waals surface area contributed by atoms with E-state index >= 15 is 0 Å². The maximum Gasteiger partial charge on any atom is 0.159 e. The standard InChI is InChI=1S/C17H24O2/c1-11(18)12-9-13(16(2,3)4)15-14(10-12)17(5,6)7-8-19-15/h9-10H,7-8H2,1-6H3. The van der Waals surface area contributed by atoms with Gasteiger partial charge in [0.15, 0.2) is 5.78 Å². The highest BCUT2D eigenvalue weighted by molar-refractivity contribution is 5.95. The molecule has 0 saturated heterocycles. The molecule has 2 nitrogen and oxygen atoms in total. The molecule has 0 aromatic heterocycles. The van der Waals surface area contributed by atoms with Gasteiger partial charge in [-0.3, -0.25) is 4.79 Å². The van der Waals surface area contributed by atoms with Crippen molar-refractivity contribution in [2.24, 2.45) is 0 Å². The number of hydrogen-bond donors (Lipinski definition) is 0. The Balaban J connectivity index is 2.75. The summed E-state index contributed by atoms with van der Waals surface area (Å²) in [6, 6.07) is 4.02. The van der Waals surface area contributed by atoms with E-state index in [1.165, 1.54) is 5.56 Å². The summed E-state index contributed by atoms with van der Waals surface area (Å²) in [5.74, 6) is 1.11. The molecule has 1 aromatic carbocycles. The van der Waals surface area contributed by atoms with Crippen molar-refractivity contribution in [3.63, 3.8) is 0 Å². The zero-order valence-corrected chi connectivity index (χ0v) is 12.9. The number of ether oxygens (including phenoxy) is 1. The fourth-order valence-corrected chi connectivity index (χ4v) is 2.59. The van der Waals surface area contributed by atoms with Crippen LogP contribution in [0, 0.1) is 0 Å². The van der Waals surface area contributed by atoms with Gasteiger partial charge < -0.3 is 4.74 Å². The van der Waals surface area contributed by atoms with Crippen LogP contribution in [0.5, 0.6) is 5.75 Å². The summed E-state index contributed by atoms with van der Waals surface area (Å²) in [7, 11) is 0. The van der Waals surface area contributed by atoms with E-state index in [9.17, 15) is 4.79 Å². The van der Waals surface area contributed by atoms with E-state index in [1.807, 2.05) is 12.1 Å². The number of hydrogen-bond acceptors (Lipinski definition) is 2. The van der Waals surface area contributed by atoms with Gasteiger partial charge in [-0.15, -0.1) is 0 Å². The minimum absolute atomic E-state index is 0.0248. The second-order valence-electron chi connectivity index (χ2n) is 7.19. The molecule has 0 aliphatic carbocycles. The van der Waals surface area contributed by atoms with Crippen LogP contribution in [0.2, 0.25) is 0 Å². The second kappa shape index (κ2) is 4.36. The van der Waals surface area contributed by atoms with Gasteiger partial charge in [0.2, 0.25) is 0 Å². The third-order valence-electron chi connectivity index (χ3n) is 4.01. The van der Waals surface area contributed by atoms with Crippen LogP contribution >= 0.6 is 0 Å². The number of Topliss-reactive ketones (excluding diaryl/α,β-unsaturated/α-hetero) is 1. The zero-order chi connectivity index (χ0) is 14.4. The second-order valence-corrected chi connectivity index (χ2v) is 7.19. The molecular weight excluding hydrogens is 236 g/mol. The Labute approximate surface area is 116 Å². The van der Waals surface area contributed by atoms with Crippen LogP contribution in [0.3, 0.4) is 0 Å². The van der Waals surface area contributed by atoms with Crippen LogP contribution < -0.4 is 4.74 Å². The fraction of sp³-hybridized carbons (Fsp3) is 0.588. The van der Waals surface area contributed by atoms with Crippen molar-refractivity contribution in [2.45, 2.75) is 58.8 Å². The molecule has 0 spiro atoms. The first-order valence-electron chi connectivity index (χ1n) is 6.96. The normalized spacial score (nSPS) is 17.6. The van der Waals surface area contributed by atoms with Gasteiger partial charge in [-0.25, -0.2) is 0 Å². The summed E-state index contributed by atoms with van der Waals surface area (Å²) < 4.78 is 5.94. The van der Waals surface area contributed by atoms with Crippen LogP contribution in [-0.4, -0.2) is 12.4 Å². The first kappa shape index (κ1) is 14.1. The van der Waals surface area contributed by atoms with Crippen molar-refractivity contribution in [2.75, 3.05) is 6.61 Å². The predicted molar refractivity (Wildman–Crippen MR) is 78.3 cm³/mol. The van der Waals surface area contributed by atoms with E-state index < -0.39 is 0 Å². The summed E-state index contributed by atoms with van der Waals surface area (Å²) in [4.78, 5) is 11.8. The Morgan fingerprint density at radius 2 is 1.89 bits per heavy atom. The maximum absolute atomic E-state index is 11.8. The van der Waals surface area contributed by atoms with E-state index in [1.54, 1.807) is 6.92 Å². The molecule has 1 heterocycles. The largest absolute Gasteiger partial charge is 0.493 e. The van der Waals surface area contributed by atoms with Crippen LogP contribution in [0.15, 0.2) is 12.1 Å². The van der Waals surface area contributed by atoms with Gasteiger partial charge in [0.1, 0.15) is 5.75 Å². The molecule has 0 N–H and O–H groups in total. The molecule has 104 valence electrons. The van der Waals surface area contributed by atoms with E-state index in [0.717, 1.165) is 29.9 Å². The number of rotatable bonds is 1. The van der Waals surface area contributed by atoms with Crippen LogP contribution in [-0.2, 0) is 10.8 Å². The lowest BCUT2D eigenvalue weighted by molar-refractivity contribution is 0.101. The highest BCUT2D eigenvalue weighted by atomic mass is 16.5. The van der Waals surface area contributed by atoms with Gasteiger partial charge in [0, 0.05) is 16.7 Å².